The number of hydrogen-bond acceptors (Lipinski definition) is 6. The molecule has 14 heteroatoms. The zero-order valence-corrected chi connectivity index (χ0v) is 11.2. The van der Waals surface area contributed by atoms with Crippen molar-refractivity contribution in [1.82, 2.24) is 0 Å². The van der Waals surface area contributed by atoms with E-state index in [4.69, 9.17) is 0 Å². The molecule has 122 valence electrons. The van der Waals surface area contributed by atoms with Crippen LogP contribution in [0.2, 0.25) is 0 Å². The standard InChI is InChI=1S/C6H8F6O6S2/c1-4(2-17-19(13,14)5(7,8)9)3-18-20(15,16)6(10,11)12/h4H,2-3H2,1H3. The van der Waals surface area contributed by atoms with Crippen molar-refractivity contribution in [3.05, 3.63) is 0 Å². The van der Waals surface area contributed by atoms with Crippen LogP contribution < -0.4 is 0 Å². The minimum absolute atomic E-state index is 0.928. The van der Waals surface area contributed by atoms with Gasteiger partial charge < -0.3 is 0 Å². The highest BCUT2D eigenvalue weighted by atomic mass is 32.2. The topological polar surface area (TPSA) is 86.7 Å². The van der Waals surface area contributed by atoms with E-state index in [-0.39, 0.29) is 0 Å². The second-order valence-electron chi connectivity index (χ2n) is 3.47. The van der Waals surface area contributed by atoms with Crippen LogP contribution in [0, 0.1) is 5.92 Å². The zero-order valence-electron chi connectivity index (χ0n) is 9.53. The molecular formula is C6H8F6O6S2. The molecule has 0 N–H and O–H groups in total. The van der Waals surface area contributed by atoms with E-state index in [0.717, 1.165) is 6.92 Å². The van der Waals surface area contributed by atoms with E-state index in [0.29, 0.717) is 0 Å². The lowest BCUT2D eigenvalue weighted by molar-refractivity contribution is -0.0572. The molecule has 0 aromatic rings. The van der Waals surface area contributed by atoms with Gasteiger partial charge in [-0.05, 0) is 0 Å². The van der Waals surface area contributed by atoms with Gasteiger partial charge in [0.15, 0.2) is 0 Å². The van der Waals surface area contributed by atoms with E-state index in [9.17, 15) is 43.2 Å². The molecule has 0 aromatic heterocycles. The SMILES string of the molecule is CC(COS(=O)(=O)C(F)(F)F)COS(=O)(=O)C(F)(F)F. The summed E-state index contributed by atoms with van der Waals surface area (Å²) < 4.78 is 120. The smallest absolute Gasteiger partial charge is 0.263 e. The fourth-order valence-corrected chi connectivity index (χ4v) is 1.68. The van der Waals surface area contributed by atoms with Crippen LogP contribution in [0.25, 0.3) is 0 Å². The molecule has 20 heavy (non-hydrogen) atoms. The number of hydrogen-bond donors (Lipinski definition) is 0. The molecule has 0 heterocycles. The summed E-state index contributed by atoms with van der Waals surface area (Å²) in [5.74, 6) is -1.36. The molecule has 0 saturated heterocycles. The fraction of sp³-hybridized carbons (Fsp3) is 1.00. The van der Waals surface area contributed by atoms with Crippen LogP contribution in [-0.2, 0) is 28.6 Å². The number of alkyl halides is 6. The van der Waals surface area contributed by atoms with Crippen molar-refractivity contribution < 1.29 is 51.5 Å². The third-order valence-corrected chi connectivity index (χ3v) is 3.61. The van der Waals surface area contributed by atoms with Crippen LogP contribution >= 0.6 is 0 Å². The summed E-state index contributed by atoms with van der Waals surface area (Å²) in [6.07, 6.45) is 0. The second-order valence-corrected chi connectivity index (χ2v) is 6.69. The predicted molar refractivity (Wildman–Crippen MR) is 51.0 cm³/mol. The Morgan fingerprint density at radius 2 is 1.05 bits per heavy atom. The van der Waals surface area contributed by atoms with Gasteiger partial charge in [-0.25, -0.2) is 0 Å². The Hall–Kier alpha value is -0.600. The first kappa shape index (κ1) is 19.4. The van der Waals surface area contributed by atoms with Crippen LogP contribution in [0.5, 0.6) is 0 Å². The normalized spacial score (nSPS) is 14.8. The average Bonchev–Trinajstić information content (AvgIpc) is 2.20. The van der Waals surface area contributed by atoms with Crippen LogP contribution in [0.4, 0.5) is 26.3 Å². The maximum atomic E-state index is 11.8. The third-order valence-electron chi connectivity index (χ3n) is 1.58. The van der Waals surface area contributed by atoms with Crippen molar-refractivity contribution >= 4 is 20.2 Å². The van der Waals surface area contributed by atoms with Crippen molar-refractivity contribution in [3.8, 4) is 0 Å². The van der Waals surface area contributed by atoms with Crippen molar-refractivity contribution in [2.24, 2.45) is 5.92 Å². The molecule has 0 amide bonds. The third kappa shape index (κ3) is 5.41. The molecular weight excluding hydrogens is 346 g/mol. The monoisotopic (exact) mass is 354 g/mol. The van der Waals surface area contributed by atoms with Crippen LogP contribution in [0.15, 0.2) is 0 Å². The number of rotatable bonds is 6. The van der Waals surface area contributed by atoms with Gasteiger partial charge in [-0.15, -0.1) is 0 Å². The van der Waals surface area contributed by atoms with Gasteiger partial charge in [-0.3, -0.25) is 8.37 Å². The number of halogens is 6. The Morgan fingerprint density at radius 3 is 1.25 bits per heavy atom. The summed E-state index contributed by atoms with van der Waals surface area (Å²) in [6, 6.07) is 0. The summed E-state index contributed by atoms with van der Waals surface area (Å²) in [7, 11) is -11.8. The highest BCUT2D eigenvalue weighted by Crippen LogP contribution is 2.26. The van der Waals surface area contributed by atoms with Crippen molar-refractivity contribution in [2.75, 3.05) is 13.2 Å². The van der Waals surface area contributed by atoms with Gasteiger partial charge in [0.1, 0.15) is 0 Å². The van der Waals surface area contributed by atoms with Gasteiger partial charge in [-0.1, -0.05) is 6.92 Å². The van der Waals surface area contributed by atoms with Gasteiger partial charge in [0.2, 0.25) is 0 Å². The lowest BCUT2D eigenvalue weighted by atomic mass is 10.2. The minimum Gasteiger partial charge on any atom is -0.263 e. The molecule has 0 aliphatic heterocycles. The molecule has 0 aliphatic rings. The molecule has 0 bridgehead atoms. The fourth-order valence-electron chi connectivity index (χ4n) is 0.593. The second kappa shape index (κ2) is 6.03. The first-order valence-corrected chi connectivity index (χ1v) is 7.33. The molecule has 6 nitrogen and oxygen atoms in total. The van der Waals surface area contributed by atoms with Crippen molar-refractivity contribution in [1.29, 1.82) is 0 Å². The van der Waals surface area contributed by atoms with E-state index in [2.05, 4.69) is 8.37 Å². The molecule has 0 rings (SSSR count). The Kier molecular flexibility index (Phi) is 5.85. The van der Waals surface area contributed by atoms with E-state index >= 15 is 0 Å². The van der Waals surface area contributed by atoms with E-state index in [1.54, 1.807) is 0 Å². The van der Waals surface area contributed by atoms with E-state index in [1.165, 1.54) is 0 Å². The van der Waals surface area contributed by atoms with Crippen LogP contribution in [-0.4, -0.2) is 41.1 Å². The van der Waals surface area contributed by atoms with Crippen LogP contribution in [0.1, 0.15) is 6.92 Å². The zero-order chi connectivity index (χ0) is 16.4. The largest absolute Gasteiger partial charge is 0.523 e. The molecule has 0 aliphatic carbocycles. The van der Waals surface area contributed by atoms with Crippen LogP contribution in [0.3, 0.4) is 0 Å². The summed E-state index contributed by atoms with van der Waals surface area (Å²) >= 11 is 0. The first-order valence-electron chi connectivity index (χ1n) is 4.51. The van der Waals surface area contributed by atoms with Gasteiger partial charge >= 0.3 is 31.3 Å². The summed E-state index contributed by atoms with van der Waals surface area (Å²) in [6.45, 7) is -1.47. The minimum atomic E-state index is -5.90. The molecule has 0 aromatic carbocycles. The Labute approximate surface area is 109 Å². The van der Waals surface area contributed by atoms with Gasteiger partial charge in [0, 0.05) is 5.92 Å². The van der Waals surface area contributed by atoms with Gasteiger partial charge in [0.25, 0.3) is 0 Å². The van der Waals surface area contributed by atoms with E-state index < -0.39 is 50.4 Å². The molecule has 0 unspecified atom stereocenters. The van der Waals surface area contributed by atoms with Crippen molar-refractivity contribution in [2.45, 2.75) is 17.9 Å². The lowest BCUT2D eigenvalue weighted by Gasteiger charge is -2.14. The summed E-state index contributed by atoms with van der Waals surface area (Å²) in [4.78, 5) is 0. The average molecular weight is 354 g/mol. The Morgan fingerprint density at radius 1 is 0.800 bits per heavy atom. The molecule has 0 atom stereocenters. The molecule has 0 radical (unpaired) electrons. The first-order chi connectivity index (χ1) is 8.60. The molecule has 0 fully saturated rings. The highest BCUT2D eigenvalue weighted by Gasteiger charge is 2.48. The lowest BCUT2D eigenvalue weighted by Crippen LogP contribution is -2.30. The van der Waals surface area contributed by atoms with Gasteiger partial charge in [-0.2, -0.15) is 43.2 Å². The van der Waals surface area contributed by atoms with Gasteiger partial charge in [0.05, 0.1) is 13.2 Å². The quantitative estimate of drug-likeness (QED) is 0.407. The Balaban J connectivity index is 4.46. The summed E-state index contributed by atoms with van der Waals surface area (Å²) in [5.41, 5.74) is -11.4. The van der Waals surface area contributed by atoms with E-state index in [1.807, 2.05) is 0 Å². The molecule has 0 saturated carbocycles. The Bertz CT molecular complexity index is 469. The highest BCUT2D eigenvalue weighted by molar-refractivity contribution is 7.87. The van der Waals surface area contributed by atoms with Crippen molar-refractivity contribution in [3.63, 3.8) is 0 Å². The predicted octanol–water partition coefficient (Wildman–Crippen LogP) is 1.35. The molecule has 0 spiro atoms. The maximum absolute atomic E-state index is 11.8. The maximum Gasteiger partial charge on any atom is 0.523 e. The summed E-state index contributed by atoms with van der Waals surface area (Å²) in [5, 5.41) is 0.